The zero-order valence-electron chi connectivity index (χ0n) is 7.94. The maximum atomic E-state index is 6.15. The molecule has 2 heterocycles. The number of para-hydroxylation sites is 1. The molecule has 1 fully saturated rings. The average Bonchev–Trinajstić information content (AvgIpc) is 2.75. The molecule has 14 heavy (non-hydrogen) atoms. The minimum Gasteiger partial charge on any atom is -0.377 e. The lowest BCUT2D eigenvalue weighted by atomic mass is 9.95. The van der Waals surface area contributed by atoms with E-state index in [9.17, 15) is 0 Å². The Kier molecular flexibility index (Phi) is 1.76. The monoisotopic (exact) mass is 208 g/mol. The van der Waals surface area contributed by atoms with Crippen molar-refractivity contribution < 1.29 is 0 Å². The van der Waals surface area contributed by atoms with Gasteiger partial charge < -0.3 is 10.6 Å². The second-order valence-electron chi connectivity index (χ2n) is 4.28. The van der Waals surface area contributed by atoms with Crippen molar-refractivity contribution in [1.29, 1.82) is 0 Å². The molecule has 0 amide bonds. The van der Waals surface area contributed by atoms with Crippen molar-refractivity contribution in [2.75, 3.05) is 18.4 Å². The summed E-state index contributed by atoms with van der Waals surface area (Å²) in [6.45, 7) is 2.16. The summed E-state index contributed by atoms with van der Waals surface area (Å²) < 4.78 is 0. The lowest BCUT2D eigenvalue weighted by Gasteiger charge is -2.22. The molecule has 1 aromatic carbocycles. The Labute approximate surface area is 88.6 Å². The Morgan fingerprint density at radius 1 is 1.36 bits per heavy atom. The first-order valence-corrected chi connectivity index (χ1v) is 5.43. The molecule has 74 valence electrons. The van der Waals surface area contributed by atoms with E-state index in [-0.39, 0.29) is 5.54 Å². The third-order valence-electron chi connectivity index (χ3n) is 3.26. The molecule has 2 aliphatic heterocycles. The molecular weight excluding hydrogens is 196 g/mol. The van der Waals surface area contributed by atoms with E-state index in [2.05, 4.69) is 16.7 Å². The summed E-state index contributed by atoms with van der Waals surface area (Å²) >= 11 is 6.15. The summed E-state index contributed by atoms with van der Waals surface area (Å²) in [5, 5.41) is 7.84. The molecular formula is C11H13ClN2. The normalized spacial score (nSPS) is 29.2. The van der Waals surface area contributed by atoms with E-state index in [1.54, 1.807) is 0 Å². The lowest BCUT2D eigenvalue weighted by molar-refractivity contribution is 0.533. The minimum absolute atomic E-state index is 0.243. The Morgan fingerprint density at radius 2 is 2.29 bits per heavy atom. The minimum atomic E-state index is 0.243. The first kappa shape index (κ1) is 8.57. The van der Waals surface area contributed by atoms with Crippen LogP contribution in [0.15, 0.2) is 18.2 Å². The molecule has 1 spiro atoms. The third-order valence-corrected chi connectivity index (χ3v) is 3.58. The van der Waals surface area contributed by atoms with Gasteiger partial charge in [0, 0.05) is 6.54 Å². The highest BCUT2D eigenvalue weighted by Crippen LogP contribution is 2.39. The molecule has 1 saturated heterocycles. The van der Waals surface area contributed by atoms with Crippen molar-refractivity contribution in [2.24, 2.45) is 0 Å². The maximum Gasteiger partial charge on any atom is 0.0640 e. The largest absolute Gasteiger partial charge is 0.377 e. The molecule has 2 N–H and O–H groups in total. The van der Waals surface area contributed by atoms with E-state index >= 15 is 0 Å². The molecule has 0 saturated carbocycles. The molecule has 1 aromatic rings. The highest BCUT2D eigenvalue weighted by atomic mass is 35.5. The van der Waals surface area contributed by atoms with Crippen LogP contribution < -0.4 is 10.6 Å². The number of fused-ring (bicyclic) bond motifs is 1. The first-order valence-electron chi connectivity index (χ1n) is 5.05. The van der Waals surface area contributed by atoms with Gasteiger partial charge in [-0.2, -0.15) is 0 Å². The predicted molar refractivity (Wildman–Crippen MR) is 59.0 cm³/mol. The van der Waals surface area contributed by atoms with Crippen LogP contribution in [0.4, 0.5) is 5.69 Å². The number of halogens is 1. The molecule has 3 rings (SSSR count). The smallest absolute Gasteiger partial charge is 0.0640 e. The van der Waals surface area contributed by atoms with Crippen LogP contribution in [-0.4, -0.2) is 18.6 Å². The molecule has 2 nitrogen and oxygen atoms in total. The lowest BCUT2D eigenvalue weighted by Crippen LogP contribution is -2.38. The molecule has 0 radical (unpaired) electrons. The molecule has 0 aromatic heterocycles. The Morgan fingerprint density at radius 3 is 3.00 bits per heavy atom. The van der Waals surface area contributed by atoms with Crippen LogP contribution in [0.2, 0.25) is 5.02 Å². The van der Waals surface area contributed by atoms with Crippen molar-refractivity contribution in [1.82, 2.24) is 5.32 Å². The number of rotatable bonds is 0. The maximum absolute atomic E-state index is 6.15. The van der Waals surface area contributed by atoms with Crippen molar-refractivity contribution >= 4 is 17.3 Å². The van der Waals surface area contributed by atoms with Gasteiger partial charge in [0.25, 0.3) is 0 Å². The van der Waals surface area contributed by atoms with Gasteiger partial charge in [0.15, 0.2) is 0 Å². The fraction of sp³-hybridized carbons (Fsp3) is 0.455. The fourth-order valence-corrected chi connectivity index (χ4v) is 2.77. The van der Waals surface area contributed by atoms with Crippen molar-refractivity contribution in [3.8, 4) is 0 Å². The second kappa shape index (κ2) is 2.88. The van der Waals surface area contributed by atoms with Crippen molar-refractivity contribution in [3.05, 3.63) is 28.8 Å². The van der Waals surface area contributed by atoms with Crippen LogP contribution in [0.3, 0.4) is 0 Å². The summed E-state index contributed by atoms with van der Waals surface area (Å²) in [5.74, 6) is 0. The van der Waals surface area contributed by atoms with Crippen LogP contribution in [0.1, 0.15) is 12.0 Å². The standard InChI is InChI=1S/C11H13ClN2/c12-9-3-1-2-8-6-11(14-10(8)9)4-5-13-7-11/h1-3,13-14H,4-7H2. The molecule has 1 unspecified atom stereocenters. The number of hydrogen-bond acceptors (Lipinski definition) is 2. The fourth-order valence-electron chi connectivity index (χ4n) is 2.53. The van der Waals surface area contributed by atoms with Gasteiger partial charge in [-0.3, -0.25) is 0 Å². The van der Waals surface area contributed by atoms with Gasteiger partial charge in [-0.15, -0.1) is 0 Å². The van der Waals surface area contributed by atoms with E-state index in [0.717, 1.165) is 30.2 Å². The van der Waals surface area contributed by atoms with E-state index < -0.39 is 0 Å². The Balaban J connectivity index is 2.00. The van der Waals surface area contributed by atoms with Crippen LogP contribution in [-0.2, 0) is 6.42 Å². The zero-order valence-corrected chi connectivity index (χ0v) is 8.69. The number of benzene rings is 1. The van der Waals surface area contributed by atoms with Gasteiger partial charge in [0.1, 0.15) is 0 Å². The second-order valence-corrected chi connectivity index (χ2v) is 4.69. The summed E-state index contributed by atoms with van der Waals surface area (Å²) in [5.41, 5.74) is 2.76. The van der Waals surface area contributed by atoms with Crippen LogP contribution in [0, 0.1) is 0 Å². The predicted octanol–water partition coefficient (Wildman–Crippen LogP) is 2.04. The molecule has 3 heteroatoms. The highest BCUT2D eigenvalue weighted by Gasteiger charge is 2.39. The van der Waals surface area contributed by atoms with Crippen LogP contribution in [0.5, 0.6) is 0 Å². The average molecular weight is 209 g/mol. The van der Waals surface area contributed by atoms with Gasteiger partial charge in [-0.05, 0) is 31.0 Å². The first-order chi connectivity index (χ1) is 6.79. The quantitative estimate of drug-likeness (QED) is 0.682. The van der Waals surface area contributed by atoms with E-state index in [4.69, 9.17) is 11.6 Å². The third kappa shape index (κ3) is 1.14. The van der Waals surface area contributed by atoms with Crippen molar-refractivity contribution in [2.45, 2.75) is 18.4 Å². The van der Waals surface area contributed by atoms with Gasteiger partial charge in [0.2, 0.25) is 0 Å². The van der Waals surface area contributed by atoms with E-state index in [1.165, 1.54) is 12.0 Å². The molecule has 2 aliphatic rings. The summed E-state index contributed by atoms with van der Waals surface area (Å²) in [6, 6.07) is 6.15. The summed E-state index contributed by atoms with van der Waals surface area (Å²) in [7, 11) is 0. The Hall–Kier alpha value is -0.730. The van der Waals surface area contributed by atoms with Crippen molar-refractivity contribution in [3.63, 3.8) is 0 Å². The molecule has 0 bridgehead atoms. The van der Waals surface area contributed by atoms with Gasteiger partial charge >= 0.3 is 0 Å². The van der Waals surface area contributed by atoms with Gasteiger partial charge in [0.05, 0.1) is 16.2 Å². The van der Waals surface area contributed by atoms with Gasteiger partial charge in [-0.25, -0.2) is 0 Å². The summed E-state index contributed by atoms with van der Waals surface area (Å²) in [6.07, 6.45) is 2.30. The SMILES string of the molecule is Clc1cccc2c1NC1(CCNC1)C2. The Bertz CT molecular complexity index is 370. The number of anilines is 1. The van der Waals surface area contributed by atoms with E-state index in [0.29, 0.717) is 0 Å². The van der Waals surface area contributed by atoms with Crippen LogP contribution >= 0.6 is 11.6 Å². The number of hydrogen-bond donors (Lipinski definition) is 2. The highest BCUT2D eigenvalue weighted by molar-refractivity contribution is 6.33. The van der Waals surface area contributed by atoms with Crippen LogP contribution in [0.25, 0.3) is 0 Å². The zero-order chi connectivity index (χ0) is 9.60. The summed E-state index contributed by atoms with van der Waals surface area (Å²) in [4.78, 5) is 0. The number of nitrogens with one attached hydrogen (secondary N) is 2. The van der Waals surface area contributed by atoms with Gasteiger partial charge in [-0.1, -0.05) is 23.7 Å². The molecule has 1 atom stereocenters. The molecule has 0 aliphatic carbocycles. The topological polar surface area (TPSA) is 24.1 Å². The van der Waals surface area contributed by atoms with E-state index in [1.807, 2.05) is 12.1 Å².